The number of hydrogen-bond acceptors (Lipinski definition) is 8. The van der Waals surface area contributed by atoms with Crippen LogP contribution in [0.1, 0.15) is 56.2 Å². The molecule has 0 fully saturated rings. The van der Waals surface area contributed by atoms with Gasteiger partial charge in [-0.15, -0.1) is 0 Å². The molecule has 0 atom stereocenters. The summed E-state index contributed by atoms with van der Waals surface area (Å²) < 4.78 is 24.1. The number of ether oxygens (including phenoxy) is 4. The largest absolute Gasteiger partial charge is 0.489 e. The molecular weight excluding hydrogens is 474 g/mol. The van der Waals surface area contributed by atoms with Gasteiger partial charge in [0.25, 0.3) is 0 Å². The van der Waals surface area contributed by atoms with Crippen molar-refractivity contribution in [3.05, 3.63) is 65.7 Å². The summed E-state index contributed by atoms with van der Waals surface area (Å²) in [4.78, 5) is 34.7. The highest BCUT2D eigenvalue weighted by Crippen LogP contribution is 2.36. The Labute approximate surface area is 215 Å². The lowest BCUT2D eigenvalue weighted by atomic mass is 10.1. The molecule has 3 heterocycles. The number of benzene rings is 1. The standard InChI is InChI=1S/C28H31N3O6/c1-17(2)36-26(32)25-21(16-34-6)24-20-13-19(35-15-18-9-11-29-12-10-18)7-8-22(20)31(23(24)14-30-25)27(33)37-28(3,4)5/h7-14,17H,15-16H2,1-6H3. The van der Waals surface area contributed by atoms with Crippen LogP contribution in [0, 0.1) is 0 Å². The lowest BCUT2D eigenvalue weighted by Gasteiger charge is -2.20. The molecule has 9 nitrogen and oxygen atoms in total. The van der Waals surface area contributed by atoms with Crippen LogP contribution in [0.5, 0.6) is 5.75 Å². The van der Waals surface area contributed by atoms with Gasteiger partial charge in [0.05, 0.1) is 29.9 Å². The van der Waals surface area contributed by atoms with E-state index in [-0.39, 0.29) is 18.4 Å². The minimum Gasteiger partial charge on any atom is -0.489 e. The summed E-state index contributed by atoms with van der Waals surface area (Å²) in [6.07, 6.45) is 4.03. The van der Waals surface area contributed by atoms with Gasteiger partial charge in [-0.05, 0) is 70.5 Å². The van der Waals surface area contributed by atoms with Gasteiger partial charge < -0.3 is 18.9 Å². The Morgan fingerprint density at radius 2 is 1.76 bits per heavy atom. The normalized spacial score (nSPS) is 11.8. The van der Waals surface area contributed by atoms with Gasteiger partial charge in [0.15, 0.2) is 5.69 Å². The highest BCUT2D eigenvalue weighted by Gasteiger charge is 2.27. The van der Waals surface area contributed by atoms with E-state index in [1.165, 1.54) is 17.9 Å². The van der Waals surface area contributed by atoms with Gasteiger partial charge in [0.2, 0.25) is 0 Å². The Hall–Kier alpha value is -3.98. The fourth-order valence-corrected chi connectivity index (χ4v) is 4.02. The lowest BCUT2D eigenvalue weighted by Crippen LogP contribution is -2.27. The molecule has 0 saturated heterocycles. The number of esters is 1. The van der Waals surface area contributed by atoms with Gasteiger partial charge in [-0.25, -0.2) is 19.1 Å². The van der Waals surface area contributed by atoms with Gasteiger partial charge in [-0.1, -0.05) is 0 Å². The summed E-state index contributed by atoms with van der Waals surface area (Å²) in [5, 5.41) is 1.34. The number of hydrogen-bond donors (Lipinski definition) is 0. The van der Waals surface area contributed by atoms with E-state index in [0.717, 1.165) is 5.56 Å². The Morgan fingerprint density at radius 1 is 1.03 bits per heavy atom. The van der Waals surface area contributed by atoms with Gasteiger partial charge in [-0.3, -0.25) is 4.98 Å². The van der Waals surface area contributed by atoms with Crippen molar-refractivity contribution in [1.29, 1.82) is 0 Å². The summed E-state index contributed by atoms with van der Waals surface area (Å²) in [5.74, 6) is 0.0336. The van der Waals surface area contributed by atoms with Crippen LogP contribution in [0.15, 0.2) is 48.9 Å². The number of rotatable bonds is 7. The molecule has 4 aromatic rings. The quantitative estimate of drug-likeness (QED) is 0.297. The second kappa shape index (κ2) is 10.6. The van der Waals surface area contributed by atoms with E-state index in [1.54, 1.807) is 59.1 Å². The summed E-state index contributed by atoms with van der Waals surface area (Å²) in [6, 6.07) is 9.19. The molecule has 3 aromatic heterocycles. The highest BCUT2D eigenvalue weighted by molar-refractivity contribution is 6.15. The molecule has 0 aliphatic carbocycles. The van der Waals surface area contributed by atoms with E-state index < -0.39 is 17.7 Å². The first kappa shape index (κ1) is 26.1. The van der Waals surface area contributed by atoms with Crippen molar-refractivity contribution in [2.24, 2.45) is 0 Å². The SMILES string of the molecule is COCc1c(C(=O)OC(C)C)ncc2c1c1cc(OCc3ccncc3)ccc1n2C(=O)OC(C)(C)C. The van der Waals surface area contributed by atoms with E-state index in [0.29, 0.717) is 39.7 Å². The van der Waals surface area contributed by atoms with Crippen molar-refractivity contribution in [3.8, 4) is 5.75 Å². The maximum absolute atomic E-state index is 13.3. The molecule has 0 bridgehead atoms. The predicted octanol–water partition coefficient (Wildman–Crippen LogP) is 5.66. The third-order valence-corrected chi connectivity index (χ3v) is 5.43. The van der Waals surface area contributed by atoms with E-state index >= 15 is 0 Å². The average molecular weight is 506 g/mol. The summed E-state index contributed by atoms with van der Waals surface area (Å²) in [6.45, 7) is 9.38. The molecular formula is C28H31N3O6. The molecule has 0 saturated carbocycles. The maximum Gasteiger partial charge on any atom is 0.419 e. The summed E-state index contributed by atoms with van der Waals surface area (Å²) in [7, 11) is 1.53. The number of carbonyl (C=O) groups is 2. The lowest BCUT2D eigenvalue weighted by molar-refractivity contribution is 0.0366. The molecule has 0 aliphatic rings. The Kier molecular flexibility index (Phi) is 7.45. The number of nitrogens with zero attached hydrogens (tertiary/aromatic N) is 3. The predicted molar refractivity (Wildman–Crippen MR) is 139 cm³/mol. The van der Waals surface area contributed by atoms with Crippen LogP contribution in [0.4, 0.5) is 4.79 Å². The molecule has 37 heavy (non-hydrogen) atoms. The topological polar surface area (TPSA) is 102 Å². The molecule has 0 aliphatic heterocycles. The zero-order valence-electron chi connectivity index (χ0n) is 21.9. The van der Waals surface area contributed by atoms with E-state index in [9.17, 15) is 9.59 Å². The van der Waals surface area contributed by atoms with Crippen molar-refractivity contribution >= 4 is 33.9 Å². The van der Waals surface area contributed by atoms with Crippen LogP contribution in [0.3, 0.4) is 0 Å². The number of fused-ring (bicyclic) bond motifs is 3. The number of carbonyl (C=O) groups excluding carboxylic acids is 2. The van der Waals surface area contributed by atoms with Crippen LogP contribution in [0.2, 0.25) is 0 Å². The van der Waals surface area contributed by atoms with Crippen molar-refractivity contribution < 1.29 is 28.5 Å². The van der Waals surface area contributed by atoms with Crippen LogP contribution < -0.4 is 4.74 Å². The number of methoxy groups -OCH3 is 1. The second-order valence-corrected chi connectivity index (χ2v) is 9.87. The molecule has 9 heteroatoms. The molecule has 4 rings (SSSR count). The van der Waals surface area contributed by atoms with Crippen molar-refractivity contribution in [3.63, 3.8) is 0 Å². The second-order valence-electron chi connectivity index (χ2n) is 9.87. The Bertz CT molecular complexity index is 1440. The van der Waals surface area contributed by atoms with Gasteiger partial charge in [0, 0.05) is 35.8 Å². The van der Waals surface area contributed by atoms with Crippen LogP contribution in [-0.4, -0.2) is 45.4 Å². The monoisotopic (exact) mass is 505 g/mol. The van der Waals surface area contributed by atoms with Gasteiger partial charge in [0.1, 0.15) is 18.0 Å². The molecule has 0 amide bonds. The third-order valence-electron chi connectivity index (χ3n) is 5.43. The van der Waals surface area contributed by atoms with Crippen LogP contribution >= 0.6 is 0 Å². The van der Waals surface area contributed by atoms with Crippen molar-refractivity contribution in [2.75, 3.05) is 7.11 Å². The average Bonchev–Trinajstić information content (AvgIpc) is 3.16. The molecule has 0 spiro atoms. The maximum atomic E-state index is 13.3. The molecule has 194 valence electrons. The minimum absolute atomic E-state index is 0.0857. The molecule has 0 radical (unpaired) electrons. The van der Waals surface area contributed by atoms with E-state index in [4.69, 9.17) is 18.9 Å². The van der Waals surface area contributed by atoms with Gasteiger partial charge in [-0.2, -0.15) is 0 Å². The number of pyridine rings is 2. The zero-order valence-corrected chi connectivity index (χ0v) is 21.9. The van der Waals surface area contributed by atoms with E-state index in [1.807, 2.05) is 18.2 Å². The molecule has 1 aromatic carbocycles. The summed E-state index contributed by atoms with van der Waals surface area (Å²) in [5.41, 5.74) is 1.99. The van der Waals surface area contributed by atoms with Gasteiger partial charge >= 0.3 is 12.1 Å². The first-order valence-corrected chi connectivity index (χ1v) is 12.0. The fraction of sp³-hybridized carbons (Fsp3) is 0.357. The highest BCUT2D eigenvalue weighted by atomic mass is 16.6. The van der Waals surface area contributed by atoms with Crippen molar-refractivity contribution in [2.45, 2.75) is 59.5 Å². The Balaban J connectivity index is 1.93. The number of aromatic nitrogens is 3. The smallest absolute Gasteiger partial charge is 0.419 e. The van der Waals surface area contributed by atoms with E-state index in [2.05, 4.69) is 9.97 Å². The van der Waals surface area contributed by atoms with Crippen LogP contribution in [-0.2, 0) is 27.4 Å². The molecule has 0 N–H and O–H groups in total. The third kappa shape index (κ3) is 5.72. The van der Waals surface area contributed by atoms with Crippen molar-refractivity contribution in [1.82, 2.24) is 14.5 Å². The first-order chi connectivity index (χ1) is 17.6. The summed E-state index contributed by atoms with van der Waals surface area (Å²) >= 11 is 0. The zero-order chi connectivity index (χ0) is 26.7. The minimum atomic E-state index is -0.711. The Morgan fingerprint density at radius 3 is 2.41 bits per heavy atom. The first-order valence-electron chi connectivity index (χ1n) is 12.0. The fourth-order valence-electron chi connectivity index (χ4n) is 4.02. The molecule has 0 unspecified atom stereocenters. The van der Waals surface area contributed by atoms with Crippen LogP contribution in [0.25, 0.3) is 21.8 Å².